The Kier molecular flexibility index (Phi) is 2.34. The molecular weight excluding hydrogens is 196 g/mol. The van der Waals surface area contributed by atoms with Crippen molar-refractivity contribution in [3.05, 3.63) is 24.3 Å². The highest BCUT2D eigenvalue weighted by molar-refractivity contribution is 5.87. The maximum atomic E-state index is 11.6. The number of hydrogen-bond donors (Lipinski definition) is 0. The van der Waals surface area contributed by atoms with E-state index < -0.39 is 11.5 Å². The van der Waals surface area contributed by atoms with Crippen LogP contribution in [0.15, 0.2) is 24.3 Å². The van der Waals surface area contributed by atoms with Crippen molar-refractivity contribution >= 4 is 11.9 Å². The van der Waals surface area contributed by atoms with Gasteiger partial charge in [0.1, 0.15) is 11.5 Å². The Hall–Kier alpha value is -1.58. The van der Waals surface area contributed by atoms with Crippen LogP contribution in [0.1, 0.15) is 12.8 Å². The van der Waals surface area contributed by atoms with Crippen LogP contribution in [-0.4, -0.2) is 24.6 Å². The van der Waals surface area contributed by atoms with Crippen molar-refractivity contribution in [2.24, 2.45) is 5.92 Å². The molecule has 4 nitrogen and oxygen atoms in total. The van der Waals surface area contributed by atoms with Crippen molar-refractivity contribution in [3.63, 3.8) is 0 Å². The summed E-state index contributed by atoms with van der Waals surface area (Å²) in [5.41, 5.74) is -0.807. The predicted molar refractivity (Wildman–Crippen MR) is 51.8 cm³/mol. The van der Waals surface area contributed by atoms with Gasteiger partial charge in [0.15, 0.2) is 0 Å². The Morgan fingerprint density at radius 1 is 1.60 bits per heavy atom. The van der Waals surface area contributed by atoms with E-state index in [2.05, 4.69) is 0 Å². The number of esters is 2. The van der Waals surface area contributed by atoms with Crippen molar-refractivity contribution in [2.75, 3.05) is 7.11 Å². The minimum Gasteiger partial charge on any atom is -0.469 e. The lowest BCUT2D eigenvalue weighted by molar-refractivity contribution is -0.162. The summed E-state index contributed by atoms with van der Waals surface area (Å²) in [6.45, 7) is 0. The molecule has 4 heteroatoms. The van der Waals surface area contributed by atoms with Gasteiger partial charge in [-0.25, -0.2) is 4.79 Å². The van der Waals surface area contributed by atoms with Crippen molar-refractivity contribution in [1.82, 2.24) is 0 Å². The molecule has 2 unspecified atom stereocenters. The molecule has 1 aliphatic heterocycles. The summed E-state index contributed by atoms with van der Waals surface area (Å²) >= 11 is 0. The molecule has 0 fully saturated rings. The van der Waals surface area contributed by atoms with Crippen molar-refractivity contribution in [1.29, 1.82) is 0 Å². The van der Waals surface area contributed by atoms with Crippen LogP contribution >= 0.6 is 0 Å². The Morgan fingerprint density at radius 3 is 3.00 bits per heavy atom. The molecule has 0 saturated heterocycles. The van der Waals surface area contributed by atoms with Gasteiger partial charge in [0, 0.05) is 12.5 Å². The summed E-state index contributed by atoms with van der Waals surface area (Å²) < 4.78 is 9.94. The minimum atomic E-state index is -0.807. The maximum absolute atomic E-state index is 11.6. The van der Waals surface area contributed by atoms with E-state index in [-0.39, 0.29) is 11.9 Å². The van der Waals surface area contributed by atoms with E-state index in [0.29, 0.717) is 12.8 Å². The Balaban J connectivity index is 2.29. The van der Waals surface area contributed by atoms with E-state index in [1.807, 2.05) is 12.2 Å². The van der Waals surface area contributed by atoms with E-state index in [1.165, 1.54) is 13.2 Å². The molecule has 0 amide bonds. The van der Waals surface area contributed by atoms with Crippen LogP contribution in [0.4, 0.5) is 0 Å². The van der Waals surface area contributed by atoms with Gasteiger partial charge in [-0.15, -0.1) is 0 Å². The van der Waals surface area contributed by atoms with Gasteiger partial charge in [0.25, 0.3) is 0 Å². The van der Waals surface area contributed by atoms with E-state index in [1.54, 1.807) is 6.08 Å². The van der Waals surface area contributed by atoms with Gasteiger partial charge in [-0.05, 0) is 12.5 Å². The molecule has 0 aromatic heterocycles. The second-order valence-electron chi connectivity index (χ2n) is 3.70. The third-order valence-corrected chi connectivity index (χ3v) is 2.84. The summed E-state index contributed by atoms with van der Waals surface area (Å²) in [6.07, 6.45) is 7.95. The number of carbonyl (C=O) groups excluding carboxylic acids is 2. The van der Waals surface area contributed by atoms with E-state index in [4.69, 9.17) is 9.47 Å². The van der Waals surface area contributed by atoms with Crippen LogP contribution in [0.3, 0.4) is 0 Å². The Bertz CT molecular complexity index is 356. The molecule has 80 valence electrons. The topological polar surface area (TPSA) is 52.6 Å². The largest absolute Gasteiger partial charge is 0.469 e. The van der Waals surface area contributed by atoms with Crippen LogP contribution in [0.25, 0.3) is 0 Å². The Labute approximate surface area is 87.5 Å². The first-order valence-corrected chi connectivity index (χ1v) is 4.83. The zero-order valence-corrected chi connectivity index (χ0v) is 8.43. The number of allylic oxidation sites excluding steroid dienone is 1. The molecule has 15 heavy (non-hydrogen) atoms. The molecule has 0 aromatic carbocycles. The van der Waals surface area contributed by atoms with Gasteiger partial charge >= 0.3 is 11.9 Å². The molecule has 2 aliphatic rings. The fourth-order valence-corrected chi connectivity index (χ4v) is 2.04. The fourth-order valence-electron chi connectivity index (χ4n) is 2.04. The van der Waals surface area contributed by atoms with Gasteiger partial charge in [0.2, 0.25) is 0 Å². The molecule has 1 spiro atoms. The van der Waals surface area contributed by atoms with E-state index >= 15 is 0 Å². The lowest BCUT2D eigenvalue weighted by Crippen LogP contribution is -2.43. The van der Waals surface area contributed by atoms with Crippen LogP contribution < -0.4 is 0 Å². The van der Waals surface area contributed by atoms with Crippen molar-refractivity contribution in [2.45, 2.75) is 18.4 Å². The third-order valence-electron chi connectivity index (χ3n) is 2.84. The number of carbonyl (C=O) groups is 2. The fraction of sp³-hybridized carbons (Fsp3) is 0.455. The van der Waals surface area contributed by atoms with Crippen LogP contribution in [0.5, 0.6) is 0 Å². The monoisotopic (exact) mass is 208 g/mol. The molecule has 0 bridgehead atoms. The molecule has 0 saturated carbocycles. The smallest absolute Gasteiger partial charge is 0.331 e. The molecule has 0 N–H and O–H groups in total. The van der Waals surface area contributed by atoms with Gasteiger partial charge in [-0.1, -0.05) is 12.2 Å². The molecular formula is C11H12O4. The summed E-state index contributed by atoms with van der Waals surface area (Å²) in [5.74, 6) is -1.15. The van der Waals surface area contributed by atoms with E-state index in [0.717, 1.165) is 0 Å². The zero-order chi connectivity index (χ0) is 10.9. The predicted octanol–water partition coefficient (Wildman–Crippen LogP) is 0.977. The Morgan fingerprint density at radius 2 is 2.40 bits per heavy atom. The maximum Gasteiger partial charge on any atom is 0.331 e. The number of methoxy groups -OCH3 is 1. The number of ether oxygens (including phenoxy) is 2. The number of hydrogen-bond acceptors (Lipinski definition) is 4. The lowest BCUT2D eigenvalue weighted by Gasteiger charge is -2.34. The first-order valence-electron chi connectivity index (χ1n) is 4.83. The standard InChI is InChI=1S/C11H12O4/c1-14-10(13)8-4-2-3-6-11(8)7-5-9(12)15-11/h2-3,5,7-8H,4,6H2,1H3. The van der Waals surface area contributed by atoms with Gasteiger partial charge in [0.05, 0.1) is 7.11 Å². The van der Waals surface area contributed by atoms with Crippen molar-refractivity contribution in [3.8, 4) is 0 Å². The lowest BCUT2D eigenvalue weighted by atomic mass is 9.79. The summed E-state index contributed by atoms with van der Waals surface area (Å²) in [4.78, 5) is 22.6. The molecule has 1 aliphatic carbocycles. The van der Waals surface area contributed by atoms with Gasteiger partial charge < -0.3 is 9.47 Å². The second-order valence-corrected chi connectivity index (χ2v) is 3.70. The molecule has 2 rings (SSSR count). The average molecular weight is 208 g/mol. The molecule has 2 atom stereocenters. The SMILES string of the molecule is COC(=O)C1CC=CCC12C=CC(=O)O2. The van der Waals surface area contributed by atoms with Crippen LogP contribution in [-0.2, 0) is 19.1 Å². The van der Waals surface area contributed by atoms with Crippen LogP contribution in [0.2, 0.25) is 0 Å². The number of rotatable bonds is 1. The highest BCUT2D eigenvalue weighted by Crippen LogP contribution is 2.38. The average Bonchev–Trinajstić information content (AvgIpc) is 2.60. The zero-order valence-electron chi connectivity index (χ0n) is 8.43. The first-order chi connectivity index (χ1) is 7.18. The third kappa shape index (κ3) is 1.56. The second kappa shape index (κ2) is 3.53. The first kappa shape index (κ1) is 9.96. The molecule has 1 heterocycles. The van der Waals surface area contributed by atoms with Gasteiger partial charge in [-0.3, -0.25) is 4.79 Å². The quantitative estimate of drug-likeness (QED) is 0.476. The van der Waals surface area contributed by atoms with E-state index in [9.17, 15) is 9.59 Å². The molecule has 0 radical (unpaired) electrons. The summed E-state index contributed by atoms with van der Waals surface area (Å²) in [6, 6.07) is 0. The summed E-state index contributed by atoms with van der Waals surface area (Å²) in [5, 5.41) is 0. The highest BCUT2D eigenvalue weighted by atomic mass is 16.6. The highest BCUT2D eigenvalue weighted by Gasteiger charge is 2.47. The van der Waals surface area contributed by atoms with Gasteiger partial charge in [-0.2, -0.15) is 0 Å². The molecule has 0 aromatic rings. The summed E-state index contributed by atoms with van der Waals surface area (Å²) in [7, 11) is 1.34. The van der Waals surface area contributed by atoms with Crippen LogP contribution in [0, 0.1) is 5.92 Å². The van der Waals surface area contributed by atoms with Crippen molar-refractivity contribution < 1.29 is 19.1 Å². The minimum absolute atomic E-state index is 0.335. The normalized spacial score (nSPS) is 33.1.